The third-order valence-electron chi connectivity index (χ3n) is 2.50. The molecule has 1 atom stereocenters. The van der Waals surface area contributed by atoms with Crippen LogP contribution >= 0.6 is 9.69 Å². The molecule has 1 aliphatic rings. The molecule has 0 saturated carbocycles. The van der Waals surface area contributed by atoms with Crippen molar-refractivity contribution in [1.29, 1.82) is 0 Å². The number of hydrogen-bond donors (Lipinski definition) is 2. The summed E-state index contributed by atoms with van der Waals surface area (Å²) in [6.45, 7) is 0.931. The van der Waals surface area contributed by atoms with Crippen LogP contribution < -0.4 is 15.4 Å². The van der Waals surface area contributed by atoms with Crippen LogP contribution in [0.4, 0.5) is 5.69 Å². The first kappa shape index (κ1) is 14.4. The summed E-state index contributed by atoms with van der Waals surface area (Å²) in [7, 11) is 6.19. The van der Waals surface area contributed by atoms with Gasteiger partial charge in [0.1, 0.15) is 5.75 Å². The van der Waals surface area contributed by atoms with E-state index in [1.54, 1.807) is 7.11 Å². The Balaban J connectivity index is 0.000000686. The Kier molecular flexibility index (Phi) is 6.49. The zero-order valence-electron chi connectivity index (χ0n) is 9.35. The number of anilines is 1. The van der Waals surface area contributed by atoms with E-state index in [0.717, 1.165) is 24.4 Å². The predicted octanol–water partition coefficient (Wildman–Crippen LogP) is 1.68. The quantitative estimate of drug-likeness (QED) is 0.822. The normalized spacial score (nSPS) is 17.2. The van der Waals surface area contributed by atoms with Crippen LogP contribution in [0.1, 0.15) is 6.42 Å². The molecule has 0 unspecified atom stereocenters. The minimum atomic E-state index is -0.0212. The Morgan fingerprint density at radius 1 is 1.47 bits per heavy atom. The van der Waals surface area contributed by atoms with E-state index in [1.807, 2.05) is 41.6 Å². The van der Waals surface area contributed by atoms with Crippen molar-refractivity contribution in [2.24, 2.45) is 0 Å². The monoisotopic (exact) mass is 343 g/mol. The van der Waals surface area contributed by atoms with Gasteiger partial charge in [-0.3, -0.25) is 4.79 Å². The van der Waals surface area contributed by atoms with Crippen molar-refractivity contribution in [3.63, 3.8) is 0 Å². The van der Waals surface area contributed by atoms with Crippen molar-refractivity contribution in [2.75, 3.05) is 19.0 Å². The molecule has 0 aliphatic carbocycles. The van der Waals surface area contributed by atoms with Crippen LogP contribution in [0.5, 0.6) is 5.75 Å². The van der Waals surface area contributed by atoms with Crippen molar-refractivity contribution in [2.45, 2.75) is 12.5 Å². The Morgan fingerprint density at radius 3 is 2.47 bits per heavy atom. The summed E-state index contributed by atoms with van der Waals surface area (Å²) < 4.78 is 5.03. The zero-order chi connectivity index (χ0) is 12.7. The fourth-order valence-electron chi connectivity index (χ4n) is 1.42. The molecule has 0 spiro atoms. The van der Waals surface area contributed by atoms with E-state index in [1.165, 1.54) is 0 Å². The van der Waals surface area contributed by atoms with Gasteiger partial charge < -0.3 is 15.4 Å². The van der Waals surface area contributed by atoms with Crippen molar-refractivity contribution in [3.05, 3.63) is 24.3 Å². The number of hydrogen-bond acceptors (Lipinski definition) is 3. The number of carbonyl (C=O) groups excluding carboxylic acids is 1. The van der Waals surface area contributed by atoms with Crippen LogP contribution in [-0.4, -0.2) is 25.6 Å². The second kappa shape index (κ2) is 7.64. The SMILES string of the molecule is COc1ccc(NC(=O)[C@@H]2CCN2)cc1.[Cl][Ru]. The van der Waals surface area contributed by atoms with Gasteiger partial charge in [-0.2, -0.15) is 0 Å². The molecule has 2 rings (SSSR count). The molecule has 1 aromatic carbocycles. The average molecular weight is 343 g/mol. The molecule has 2 N–H and O–H groups in total. The number of halogens is 1. The molecule has 0 radical (unpaired) electrons. The molecule has 1 saturated heterocycles. The van der Waals surface area contributed by atoms with Gasteiger partial charge in [-0.05, 0) is 37.2 Å². The van der Waals surface area contributed by atoms with Crippen LogP contribution in [0.15, 0.2) is 24.3 Å². The summed E-state index contributed by atoms with van der Waals surface area (Å²) in [5.74, 6) is 0.821. The number of carbonyl (C=O) groups is 1. The number of nitrogens with one attached hydrogen (secondary N) is 2. The van der Waals surface area contributed by atoms with E-state index < -0.39 is 0 Å². The zero-order valence-corrected chi connectivity index (χ0v) is 11.8. The van der Waals surface area contributed by atoms with Gasteiger partial charge in [0, 0.05) is 5.69 Å². The molecule has 0 aromatic heterocycles. The molecular formula is C11H14ClN2O2Ru. The molecule has 1 aromatic rings. The molecule has 1 heterocycles. The van der Waals surface area contributed by atoms with Gasteiger partial charge >= 0.3 is 27.0 Å². The summed E-state index contributed by atoms with van der Waals surface area (Å²) in [6.07, 6.45) is 0.919. The number of methoxy groups -OCH3 is 1. The van der Waals surface area contributed by atoms with E-state index in [2.05, 4.69) is 20.3 Å². The second-order valence-electron chi connectivity index (χ2n) is 3.51. The summed E-state index contributed by atoms with van der Waals surface area (Å²) in [5.41, 5.74) is 0.800. The summed E-state index contributed by atoms with van der Waals surface area (Å²) in [4.78, 5) is 11.5. The number of amides is 1. The maximum absolute atomic E-state index is 11.5. The van der Waals surface area contributed by atoms with Gasteiger partial charge in [0.15, 0.2) is 0 Å². The Morgan fingerprint density at radius 2 is 2.06 bits per heavy atom. The first-order valence-electron chi connectivity index (χ1n) is 5.11. The number of ether oxygens (including phenoxy) is 1. The maximum atomic E-state index is 11.5. The average Bonchev–Trinajstić information content (AvgIpc) is 2.30. The van der Waals surface area contributed by atoms with Crippen molar-refractivity contribution in [1.82, 2.24) is 5.32 Å². The molecule has 1 aliphatic heterocycles. The van der Waals surface area contributed by atoms with E-state index in [9.17, 15) is 4.79 Å². The summed E-state index contributed by atoms with van der Waals surface area (Å²) in [5, 5.41) is 5.89. The van der Waals surface area contributed by atoms with Crippen LogP contribution in [0.2, 0.25) is 0 Å². The van der Waals surface area contributed by atoms with Crippen molar-refractivity contribution >= 4 is 21.3 Å². The molecule has 6 heteroatoms. The van der Waals surface area contributed by atoms with Gasteiger partial charge in [0.2, 0.25) is 5.91 Å². The van der Waals surface area contributed by atoms with Gasteiger partial charge in [-0.1, -0.05) is 0 Å². The summed E-state index contributed by atoms with van der Waals surface area (Å²) >= 11 is 1.82. The molecule has 95 valence electrons. The van der Waals surface area contributed by atoms with Crippen LogP contribution in [-0.2, 0) is 22.1 Å². The molecule has 1 fully saturated rings. The van der Waals surface area contributed by atoms with Crippen LogP contribution in [0, 0.1) is 0 Å². The Bertz CT molecular complexity index is 355. The minimum absolute atomic E-state index is 0.0212. The van der Waals surface area contributed by atoms with E-state index in [4.69, 9.17) is 4.74 Å². The standard InChI is InChI=1S/C11H14N2O2.ClH.Ru/c1-15-9-4-2-8(3-5-9)13-11(14)10-6-7-12-10;;/h2-5,10,12H,6-7H2,1H3,(H,13,14);1H;/q;;+1/p-1/t10-;;/m0../s1. The van der Waals surface area contributed by atoms with Gasteiger partial charge in [0.25, 0.3) is 0 Å². The molecular weight excluding hydrogens is 329 g/mol. The number of benzene rings is 1. The van der Waals surface area contributed by atoms with Crippen molar-refractivity contribution in [3.8, 4) is 5.75 Å². The first-order valence-corrected chi connectivity index (χ1v) is 7.35. The molecule has 0 bridgehead atoms. The topological polar surface area (TPSA) is 50.4 Å². The fourth-order valence-corrected chi connectivity index (χ4v) is 1.42. The molecule has 4 nitrogen and oxygen atoms in total. The number of rotatable bonds is 3. The van der Waals surface area contributed by atoms with Crippen LogP contribution in [0.3, 0.4) is 0 Å². The van der Waals surface area contributed by atoms with Crippen molar-refractivity contribution < 1.29 is 26.8 Å². The van der Waals surface area contributed by atoms with Crippen LogP contribution in [0.25, 0.3) is 0 Å². The summed E-state index contributed by atoms with van der Waals surface area (Å²) in [6, 6.07) is 7.28. The predicted molar refractivity (Wildman–Crippen MR) is 63.9 cm³/mol. The van der Waals surface area contributed by atoms with Gasteiger partial charge in [-0.25, -0.2) is 0 Å². The molecule has 1 amide bonds. The van der Waals surface area contributed by atoms with Gasteiger partial charge in [-0.15, -0.1) is 0 Å². The van der Waals surface area contributed by atoms with E-state index in [0.29, 0.717) is 0 Å². The third kappa shape index (κ3) is 4.26. The Hall–Kier alpha value is -0.637. The van der Waals surface area contributed by atoms with E-state index >= 15 is 0 Å². The first-order chi connectivity index (χ1) is 8.29. The van der Waals surface area contributed by atoms with Gasteiger partial charge in [0.05, 0.1) is 13.2 Å². The van der Waals surface area contributed by atoms with E-state index in [-0.39, 0.29) is 11.9 Å². The third-order valence-corrected chi connectivity index (χ3v) is 2.50. The Labute approximate surface area is 115 Å². The molecule has 17 heavy (non-hydrogen) atoms. The second-order valence-corrected chi connectivity index (χ2v) is 3.51. The fraction of sp³-hybridized carbons (Fsp3) is 0.364.